The highest BCUT2D eigenvalue weighted by Crippen LogP contribution is 2.38. The number of aromatic nitrogens is 1. The van der Waals surface area contributed by atoms with Gasteiger partial charge in [-0.25, -0.2) is 0 Å². The van der Waals surface area contributed by atoms with Gasteiger partial charge in [-0.2, -0.15) is 0 Å². The van der Waals surface area contributed by atoms with E-state index in [9.17, 15) is 9.59 Å². The molecule has 5 nitrogen and oxygen atoms in total. The van der Waals surface area contributed by atoms with E-state index in [-0.39, 0.29) is 18.2 Å². The highest BCUT2D eigenvalue weighted by Gasteiger charge is 2.46. The summed E-state index contributed by atoms with van der Waals surface area (Å²) in [6, 6.07) is 22.3. The Hall–Kier alpha value is -3.47. The third kappa shape index (κ3) is 5.14. The minimum atomic E-state index is -0.643. The van der Waals surface area contributed by atoms with Crippen LogP contribution in [0.15, 0.2) is 72.9 Å². The van der Waals surface area contributed by atoms with Gasteiger partial charge in [-0.3, -0.25) is 14.6 Å². The van der Waals surface area contributed by atoms with E-state index in [2.05, 4.69) is 53.6 Å². The lowest BCUT2D eigenvalue weighted by Gasteiger charge is -2.29. The van der Waals surface area contributed by atoms with Crippen LogP contribution in [-0.2, 0) is 22.4 Å². The molecule has 33 heavy (non-hydrogen) atoms. The molecule has 0 aliphatic carbocycles. The molecule has 1 fully saturated rings. The fourth-order valence-electron chi connectivity index (χ4n) is 4.75. The van der Waals surface area contributed by atoms with Gasteiger partial charge in [0.15, 0.2) is 0 Å². The molecule has 0 bridgehead atoms. The van der Waals surface area contributed by atoms with Crippen molar-refractivity contribution >= 4 is 11.8 Å². The van der Waals surface area contributed by atoms with Gasteiger partial charge in [0.1, 0.15) is 0 Å². The third-order valence-electron chi connectivity index (χ3n) is 6.46. The van der Waals surface area contributed by atoms with Crippen LogP contribution < -0.4 is 5.32 Å². The molecule has 2 amide bonds. The zero-order chi connectivity index (χ0) is 23.3. The molecule has 1 aliphatic rings. The normalized spacial score (nSPS) is 17.7. The van der Waals surface area contributed by atoms with Gasteiger partial charge >= 0.3 is 0 Å². The lowest BCUT2D eigenvalue weighted by molar-refractivity contribution is -0.132. The van der Waals surface area contributed by atoms with Crippen LogP contribution in [0.5, 0.6) is 0 Å². The predicted octanol–water partition coefficient (Wildman–Crippen LogP) is 4.20. The number of hydrogen-bond donors (Lipinski definition) is 1. The van der Waals surface area contributed by atoms with Crippen LogP contribution in [0.3, 0.4) is 0 Å². The molecule has 4 rings (SSSR count). The van der Waals surface area contributed by atoms with Gasteiger partial charge in [0.25, 0.3) is 0 Å². The maximum atomic E-state index is 13.3. The average molecular weight is 442 g/mol. The third-order valence-corrected chi connectivity index (χ3v) is 6.46. The fraction of sp³-hybridized carbons (Fsp3) is 0.321. The molecule has 1 aromatic heterocycles. The summed E-state index contributed by atoms with van der Waals surface area (Å²) < 4.78 is 0. The summed E-state index contributed by atoms with van der Waals surface area (Å²) in [6.07, 6.45) is 3.20. The maximum Gasteiger partial charge on any atom is 0.228 e. The smallest absolute Gasteiger partial charge is 0.228 e. The Kier molecular flexibility index (Phi) is 6.87. The Morgan fingerprint density at radius 1 is 1.06 bits per heavy atom. The van der Waals surface area contributed by atoms with Crippen molar-refractivity contribution in [3.05, 3.63) is 89.7 Å². The number of aryl methyl sites for hydroxylation is 1. The highest BCUT2D eigenvalue weighted by molar-refractivity contribution is 5.86. The number of carbonyl (C=O) groups excluding carboxylic acids is 2. The summed E-state index contributed by atoms with van der Waals surface area (Å²) in [5.41, 5.74) is 4.74. The van der Waals surface area contributed by atoms with Gasteiger partial charge in [-0.1, -0.05) is 60.2 Å². The van der Waals surface area contributed by atoms with E-state index in [0.717, 1.165) is 22.4 Å². The summed E-state index contributed by atoms with van der Waals surface area (Å²) in [6.45, 7) is 5.60. The monoisotopic (exact) mass is 441 g/mol. The number of hydrogen-bond acceptors (Lipinski definition) is 3. The molecule has 1 atom stereocenters. The van der Waals surface area contributed by atoms with Crippen LogP contribution in [0.25, 0.3) is 11.1 Å². The molecule has 2 heterocycles. The predicted molar refractivity (Wildman–Crippen MR) is 131 cm³/mol. The van der Waals surface area contributed by atoms with E-state index in [1.807, 2.05) is 42.2 Å². The van der Waals surface area contributed by atoms with E-state index in [4.69, 9.17) is 0 Å². The number of likely N-dealkylation sites (tertiary alicyclic amines) is 1. The number of amides is 2. The maximum absolute atomic E-state index is 13.3. The number of nitrogens with one attached hydrogen (secondary N) is 1. The van der Waals surface area contributed by atoms with Crippen molar-refractivity contribution in [3.8, 4) is 11.1 Å². The van der Waals surface area contributed by atoms with Gasteiger partial charge in [-0.05, 0) is 55.5 Å². The molecule has 3 aromatic rings. The molecular formula is C28H31N3O2. The van der Waals surface area contributed by atoms with Crippen molar-refractivity contribution in [2.24, 2.45) is 5.41 Å². The molecular weight excluding hydrogens is 410 g/mol. The summed E-state index contributed by atoms with van der Waals surface area (Å²) in [5, 5.41) is 3.04. The number of pyridine rings is 1. The van der Waals surface area contributed by atoms with Crippen LogP contribution >= 0.6 is 0 Å². The van der Waals surface area contributed by atoms with Crippen molar-refractivity contribution < 1.29 is 9.59 Å². The second kappa shape index (κ2) is 9.99. The molecule has 0 radical (unpaired) electrons. The molecule has 1 saturated heterocycles. The number of rotatable bonds is 7. The van der Waals surface area contributed by atoms with Gasteiger partial charge in [0, 0.05) is 31.5 Å². The van der Waals surface area contributed by atoms with E-state index in [1.54, 1.807) is 6.20 Å². The number of benzene rings is 2. The van der Waals surface area contributed by atoms with Crippen molar-refractivity contribution in [2.45, 2.75) is 33.1 Å². The molecule has 0 spiro atoms. The van der Waals surface area contributed by atoms with Gasteiger partial charge in [0.2, 0.25) is 11.8 Å². The van der Waals surface area contributed by atoms with Gasteiger partial charge in [-0.15, -0.1) is 0 Å². The average Bonchev–Trinajstić information content (AvgIpc) is 3.26. The quantitative estimate of drug-likeness (QED) is 0.598. The molecule has 1 unspecified atom stereocenters. The minimum absolute atomic E-state index is 0.0202. The fourth-order valence-corrected chi connectivity index (χ4v) is 4.75. The Bertz CT molecular complexity index is 1130. The first-order chi connectivity index (χ1) is 16.0. The molecule has 170 valence electrons. The van der Waals surface area contributed by atoms with Crippen molar-refractivity contribution in [1.29, 1.82) is 0 Å². The summed E-state index contributed by atoms with van der Waals surface area (Å²) in [5.74, 6) is 0.0454. The molecule has 1 N–H and O–H groups in total. The second-order valence-corrected chi connectivity index (χ2v) is 8.91. The number of carbonyl (C=O) groups is 2. The Morgan fingerprint density at radius 2 is 1.88 bits per heavy atom. The zero-order valence-electron chi connectivity index (χ0n) is 19.4. The number of nitrogens with zero attached hydrogens (tertiary/aromatic N) is 2. The van der Waals surface area contributed by atoms with Crippen molar-refractivity contribution in [3.63, 3.8) is 0 Å². The largest absolute Gasteiger partial charge is 0.356 e. The Balaban J connectivity index is 1.61. The lowest BCUT2D eigenvalue weighted by Crippen LogP contribution is -2.45. The minimum Gasteiger partial charge on any atom is -0.356 e. The topological polar surface area (TPSA) is 62.3 Å². The first kappa shape index (κ1) is 22.7. The summed E-state index contributed by atoms with van der Waals surface area (Å²) in [4.78, 5) is 32.5. The SMILES string of the molecule is CCNC(=O)C1(Cc2ccccc2-c2cccc(C)c2)CCN(C(=O)Cc2ccccn2)C1. The van der Waals surface area contributed by atoms with E-state index in [0.29, 0.717) is 32.5 Å². The van der Waals surface area contributed by atoms with Crippen molar-refractivity contribution in [2.75, 3.05) is 19.6 Å². The molecule has 1 aliphatic heterocycles. The molecule has 2 aromatic carbocycles. The van der Waals surface area contributed by atoms with Crippen LogP contribution in [0, 0.1) is 12.3 Å². The highest BCUT2D eigenvalue weighted by atomic mass is 16.2. The van der Waals surface area contributed by atoms with E-state index in [1.165, 1.54) is 5.56 Å². The first-order valence-corrected chi connectivity index (χ1v) is 11.6. The van der Waals surface area contributed by atoms with E-state index >= 15 is 0 Å². The second-order valence-electron chi connectivity index (χ2n) is 8.91. The van der Waals surface area contributed by atoms with Crippen LogP contribution in [0.2, 0.25) is 0 Å². The van der Waals surface area contributed by atoms with Crippen LogP contribution in [0.4, 0.5) is 0 Å². The molecule has 0 saturated carbocycles. The van der Waals surface area contributed by atoms with Crippen LogP contribution in [0.1, 0.15) is 30.2 Å². The Morgan fingerprint density at radius 3 is 2.64 bits per heavy atom. The first-order valence-electron chi connectivity index (χ1n) is 11.6. The lowest BCUT2D eigenvalue weighted by atomic mass is 9.78. The van der Waals surface area contributed by atoms with E-state index < -0.39 is 5.41 Å². The summed E-state index contributed by atoms with van der Waals surface area (Å²) in [7, 11) is 0. The van der Waals surface area contributed by atoms with Crippen molar-refractivity contribution in [1.82, 2.24) is 15.2 Å². The molecule has 5 heteroatoms. The standard InChI is InChI=1S/C28H31N3O2/c1-3-29-27(33)28(14-16-31(20-28)26(32)18-24-12-6-7-15-30-24)19-23-10-4-5-13-25(23)22-11-8-9-21(2)17-22/h4-13,15,17H,3,14,16,18-20H2,1-2H3,(H,29,33). The van der Waals surface area contributed by atoms with Crippen LogP contribution in [-0.4, -0.2) is 41.3 Å². The zero-order valence-corrected chi connectivity index (χ0v) is 19.4. The van der Waals surface area contributed by atoms with Gasteiger partial charge in [0.05, 0.1) is 11.8 Å². The Labute approximate surface area is 195 Å². The van der Waals surface area contributed by atoms with Gasteiger partial charge < -0.3 is 10.2 Å². The summed E-state index contributed by atoms with van der Waals surface area (Å²) >= 11 is 0.